The molecule has 0 aliphatic heterocycles. The molecule has 0 radical (unpaired) electrons. The fourth-order valence-corrected chi connectivity index (χ4v) is 2.82. The van der Waals surface area contributed by atoms with E-state index in [0.29, 0.717) is 11.4 Å². The maximum absolute atomic E-state index is 12.1. The van der Waals surface area contributed by atoms with Crippen LogP contribution in [0.2, 0.25) is 0 Å². The van der Waals surface area contributed by atoms with E-state index in [1.807, 2.05) is 38.1 Å². The SMILES string of the molecule is CC(C)c1nnsc1C(=O)NCc1cccc(Br)c1. The number of carbonyl (C=O) groups excluding carboxylic acids is 1. The third-order valence-electron chi connectivity index (χ3n) is 2.61. The van der Waals surface area contributed by atoms with Crippen LogP contribution in [0.1, 0.15) is 40.7 Å². The topological polar surface area (TPSA) is 54.9 Å². The molecule has 0 unspecified atom stereocenters. The molecule has 0 atom stereocenters. The molecule has 0 saturated carbocycles. The maximum Gasteiger partial charge on any atom is 0.265 e. The van der Waals surface area contributed by atoms with E-state index in [4.69, 9.17) is 0 Å². The van der Waals surface area contributed by atoms with Gasteiger partial charge in [0.1, 0.15) is 4.88 Å². The zero-order valence-electron chi connectivity index (χ0n) is 10.7. The van der Waals surface area contributed by atoms with Crippen LogP contribution in [0.3, 0.4) is 0 Å². The Morgan fingerprint density at radius 3 is 2.95 bits per heavy atom. The molecule has 0 spiro atoms. The van der Waals surface area contributed by atoms with Gasteiger partial charge in [0.15, 0.2) is 0 Å². The van der Waals surface area contributed by atoms with Crippen LogP contribution >= 0.6 is 27.5 Å². The Morgan fingerprint density at radius 2 is 2.26 bits per heavy atom. The largest absolute Gasteiger partial charge is 0.347 e. The normalized spacial score (nSPS) is 10.7. The number of aromatic nitrogens is 2. The molecule has 1 aromatic carbocycles. The van der Waals surface area contributed by atoms with Crippen molar-refractivity contribution in [3.05, 3.63) is 44.9 Å². The van der Waals surface area contributed by atoms with Crippen molar-refractivity contribution in [2.45, 2.75) is 26.3 Å². The summed E-state index contributed by atoms with van der Waals surface area (Å²) in [4.78, 5) is 12.7. The Bertz CT molecular complexity index is 583. The van der Waals surface area contributed by atoms with Crippen LogP contribution in [-0.2, 0) is 6.54 Å². The molecule has 0 bridgehead atoms. The second-order valence-corrected chi connectivity index (χ2v) is 6.12. The van der Waals surface area contributed by atoms with Gasteiger partial charge in [-0.25, -0.2) is 0 Å². The van der Waals surface area contributed by atoms with Crippen molar-refractivity contribution >= 4 is 33.4 Å². The molecule has 0 fully saturated rings. The van der Waals surface area contributed by atoms with E-state index in [2.05, 4.69) is 30.8 Å². The van der Waals surface area contributed by atoms with E-state index in [-0.39, 0.29) is 11.8 Å². The van der Waals surface area contributed by atoms with Gasteiger partial charge >= 0.3 is 0 Å². The van der Waals surface area contributed by atoms with Gasteiger partial charge in [-0.15, -0.1) is 5.10 Å². The number of nitrogens with zero attached hydrogens (tertiary/aromatic N) is 2. The monoisotopic (exact) mass is 339 g/mol. The van der Waals surface area contributed by atoms with E-state index in [9.17, 15) is 4.79 Å². The first-order chi connectivity index (χ1) is 9.08. The Kier molecular flexibility index (Phi) is 4.66. The smallest absolute Gasteiger partial charge is 0.265 e. The van der Waals surface area contributed by atoms with E-state index in [0.717, 1.165) is 27.3 Å². The van der Waals surface area contributed by atoms with Crippen LogP contribution < -0.4 is 5.32 Å². The van der Waals surface area contributed by atoms with Gasteiger partial charge in [-0.3, -0.25) is 4.79 Å². The molecule has 100 valence electrons. The molecule has 0 aliphatic rings. The molecule has 1 N–H and O–H groups in total. The van der Waals surface area contributed by atoms with Crippen LogP contribution in [0, 0.1) is 0 Å². The van der Waals surface area contributed by atoms with E-state index >= 15 is 0 Å². The summed E-state index contributed by atoms with van der Waals surface area (Å²) in [5.74, 6) is 0.0871. The van der Waals surface area contributed by atoms with Gasteiger partial charge in [-0.05, 0) is 35.1 Å². The zero-order valence-corrected chi connectivity index (χ0v) is 13.1. The molecule has 1 amide bonds. The Labute approximate surface area is 124 Å². The molecule has 1 aromatic heterocycles. The number of hydrogen-bond acceptors (Lipinski definition) is 4. The molecule has 0 aliphatic carbocycles. The minimum Gasteiger partial charge on any atom is -0.347 e. The van der Waals surface area contributed by atoms with Gasteiger partial charge in [0.25, 0.3) is 5.91 Å². The average molecular weight is 340 g/mol. The van der Waals surface area contributed by atoms with Crippen molar-refractivity contribution in [3.8, 4) is 0 Å². The number of rotatable bonds is 4. The predicted molar refractivity (Wildman–Crippen MR) is 79.3 cm³/mol. The molecule has 19 heavy (non-hydrogen) atoms. The van der Waals surface area contributed by atoms with Crippen molar-refractivity contribution in [1.29, 1.82) is 0 Å². The maximum atomic E-state index is 12.1. The van der Waals surface area contributed by atoms with Crippen LogP contribution in [0.4, 0.5) is 0 Å². The van der Waals surface area contributed by atoms with Crippen molar-refractivity contribution in [2.75, 3.05) is 0 Å². The van der Waals surface area contributed by atoms with Crippen LogP contribution in [0.25, 0.3) is 0 Å². The summed E-state index contributed by atoms with van der Waals surface area (Å²) in [6, 6.07) is 7.85. The lowest BCUT2D eigenvalue weighted by Crippen LogP contribution is -2.23. The number of carbonyl (C=O) groups is 1. The van der Waals surface area contributed by atoms with Gasteiger partial charge < -0.3 is 5.32 Å². The molecule has 2 aromatic rings. The highest BCUT2D eigenvalue weighted by Gasteiger charge is 2.18. The number of hydrogen-bond donors (Lipinski definition) is 1. The standard InChI is InChI=1S/C13H14BrN3OS/c1-8(2)11-12(19-17-16-11)13(18)15-7-9-4-3-5-10(14)6-9/h3-6,8H,7H2,1-2H3,(H,15,18). The molecule has 2 rings (SSSR count). The van der Waals surface area contributed by atoms with Crippen molar-refractivity contribution in [3.63, 3.8) is 0 Å². The summed E-state index contributed by atoms with van der Waals surface area (Å²) in [6.07, 6.45) is 0. The van der Waals surface area contributed by atoms with Crippen molar-refractivity contribution in [2.24, 2.45) is 0 Å². The number of amides is 1. The van der Waals surface area contributed by atoms with Gasteiger partial charge in [0.2, 0.25) is 0 Å². The first kappa shape index (κ1) is 14.1. The lowest BCUT2D eigenvalue weighted by molar-refractivity contribution is 0.0953. The number of benzene rings is 1. The van der Waals surface area contributed by atoms with Crippen molar-refractivity contribution in [1.82, 2.24) is 14.9 Å². The first-order valence-electron chi connectivity index (χ1n) is 5.93. The summed E-state index contributed by atoms with van der Waals surface area (Å²) < 4.78 is 4.86. The van der Waals surface area contributed by atoms with E-state index in [1.54, 1.807) is 0 Å². The molecular weight excluding hydrogens is 326 g/mol. The quantitative estimate of drug-likeness (QED) is 0.929. The second kappa shape index (κ2) is 6.25. The van der Waals surface area contributed by atoms with Gasteiger partial charge in [0, 0.05) is 11.0 Å². The lowest BCUT2D eigenvalue weighted by atomic mass is 10.1. The first-order valence-corrected chi connectivity index (χ1v) is 7.49. The zero-order chi connectivity index (χ0) is 13.8. The average Bonchev–Trinajstić information content (AvgIpc) is 2.85. The van der Waals surface area contributed by atoms with Gasteiger partial charge in [-0.1, -0.05) is 46.4 Å². The highest BCUT2D eigenvalue weighted by Crippen LogP contribution is 2.19. The minimum atomic E-state index is -0.112. The molecular formula is C13H14BrN3OS. The third-order valence-corrected chi connectivity index (χ3v) is 3.84. The molecule has 6 heteroatoms. The minimum absolute atomic E-state index is 0.112. The van der Waals surface area contributed by atoms with Crippen LogP contribution in [0.5, 0.6) is 0 Å². The van der Waals surface area contributed by atoms with Gasteiger partial charge in [0.05, 0.1) is 5.69 Å². The number of halogens is 1. The predicted octanol–water partition coefficient (Wildman–Crippen LogP) is 3.35. The van der Waals surface area contributed by atoms with Crippen molar-refractivity contribution < 1.29 is 4.79 Å². The highest BCUT2D eigenvalue weighted by molar-refractivity contribution is 9.10. The molecule has 0 saturated heterocycles. The van der Waals surface area contributed by atoms with Crippen LogP contribution in [0.15, 0.2) is 28.7 Å². The molecule has 4 nitrogen and oxygen atoms in total. The van der Waals surface area contributed by atoms with E-state index in [1.165, 1.54) is 0 Å². The Balaban J connectivity index is 2.03. The van der Waals surface area contributed by atoms with Gasteiger partial charge in [-0.2, -0.15) is 0 Å². The number of nitrogens with one attached hydrogen (secondary N) is 1. The second-order valence-electron chi connectivity index (χ2n) is 4.45. The summed E-state index contributed by atoms with van der Waals surface area (Å²) in [7, 11) is 0. The fraction of sp³-hybridized carbons (Fsp3) is 0.308. The summed E-state index contributed by atoms with van der Waals surface area (Å²) >= 11 is 4.55. The highest BCUT2D eigenvalue weighted by atomic mass is 79.9. The third kappa shape index (κ3) is 3.61. The summed E-state index contributed by atoms with van der Waals surface area (Å²) in [6.45, 7) is 4.50. The Morgan fingerprint density at radius 1 is 1.47 bits per heavy atom. The Hall–Kier alpha value is -1.27. The summed E-state index contributed by atoms with van der Waals surface area (Å²) in [5.41, 5.74) is 1.81. The van der Waals surface area contributed by atoms with Crippen LogP contribution in [-0.4, -0.2) is 15.5 Å². The lowest BCUT2D eigenvalue weighted by Gasteiger charge is -2.06. The molecule has 1 heterocycles. The fourth-order valence-electron chi connectivity index (χ4n) is 1.64. The summed E-state index contributed by atoms with van der Waals surface area (Å²) in [5, 5.41) is 6.90. The van der Waals surface area contributed by atoms with E-state index < -0.39 is 0 Å².